The smallest absolute Gasteiger partial charge is 0.312 e. The van der Waals surface area contributed by atoms with Gasteiger partial charge in [-0.05, 0) is 44.6 Å². The molecule has 1 spiro atoms. The van der Waals surface area contributed by atoms with Crippen molar-refractivity contribution in [1.82, 2.24) is 10.2 Å². The van der Waals surface area contributed by atoms with Gasteiger partial charge in [0.1, 0.15) is 17.6 Å². The molecule has 35 heavy (non-hydrogen) atoms. The van der Waals surface area contributed by atoms with E-state index in [-0.39, 0.29) is 25.0 Å². The molecule has 0 aromatic heterocycles. The highest BCUT2D eigenvalue weighted by molar-refractivity contribution is 5.98. The van der Waals surface area contributed by atoms with Crippen LogP contribution in [0.1, 0.15) is 64.4 Å². The molecule has 2 N–H and O–H groups in total. The molecule has 5 atom stereocenters. The zero-order valence-corrected chi connectivity index (χ0v) is 20.8. The van der Waals surface area contributed by atoms with Gasteiger partial charge in [-0.1, -0.05) is 50.1 Å². The van der Waals surface area contributed by atoms with Gasteiger partial charge in [-0.15, -0.1) is 0 Å². The van der Waals surface area contributed by atoms with Gasteiger partial charge < -0.3 is 24.8 Å². The van der Waals surface area contributed by atoms with E-state index in [9.17, 15) is 14.4 Å². The summed E-state index contributed by atoms with van der Waals surface area (Å²) in [6.07, 6.45) is 4.93. The van der Waals surface area contributed by atoms with Crippen LogP contribution >= 0.6 is 0 Å². The number of esters is 1. The Hall–Kier alpha value is -2.45. The summed E-state index contributed by atoms with van der Waals surface area (Å²) in [6.45, 7) is 4.89. The number of nitrogens with zero attached hydrogens (tertiary/aromatic N) is 1. The number of carbonyl (C=O) groups is 3. The van der Waals surface area contributed by atoms with Gasteiger partial charge in [0.05, 0.1) is 18.1 Å². The Morgan fingerprint density at radius 1 is 1.14 bits per heavy atom. The number of fused-ring (bicyclic) bond motifs is 1. The maximum absolute atomic E-state index is 13.9. The quantitative estimate of drug-likeness (QED) is 0.348. The number of ether oxygens (including phenoxy) is 2. The normalized spacial score (nSPS) is 31.0. The molecule has 3 saturated heterocycles. The molecule has 2 amide bonds. The maximum atomic E-state index is 13.9. The minimum Gasteiger partial charge on any atom is -0.466 e. The van der Waals surface area contributed by atoms with Crippen LogP contribution in [0.4, 0.5) is 0 Å². The summed E-state index contributed by atoms with van der Waals surface area (Å²) in [4.78, 5) is 42.3. The third-order valence-electron chi connectivity index (χ3n) is 8.09. The van der Waals surface area contributed by atoms with Gasteiger partial charge in [-0.25, -0.2) is 0 Å². The monoisotopic (exact) mass is 486 g/mol. The van der Waals surface area contributed by atoms with Crippen LogP contribution in [0.15, 0.2) is 30.3 Å². The fourth-order valence-corrected chi connectivity index (χ4v) is 6.48. The van der Waals surface area contributed by atoms with Gasteiger partial charge in [0, 0.05) is 19.7 Å². The average molecular weight is 487 g/mol. The van der Waals surface area contributed by atoms with Crippen LogP contribution < -0.4 is 5.32 Å². The topological polar surface area (TPSA) is 105 Å². The summed E-state index contributed by atoms with van der Waals surface area (Å²) < 4.78 is 12.1. The molecule has 4 rings (SSSR count). The molecule has 0 aliphatic carbocycles. The Morgan fingerprint density at radius 2 is 1.89 bits per heavy atom. The Balaban J connectivity index is 1.62. The van der Waals surface area contributed by atoms with Crippen molar-refractivity contribution in [2.24, 2.45) is 11.8 Å². The SMILES string of the molecule is CCOC(=O)[C@H]1[C@H]2C(=O)N(CCCCCCO)C(C(=O)NCc3ccccc3)C23CC[C@]1(CC)O3. The predicted molar refractivity (Wildman–Crippen MR) is 129 cm³/mol. The van der Waals surface area contributed by atoms with E-state index in [1.54, 1.807) is 11.8 Å². The molecule has 3 fully saturated rings. The number of nitrogens with one attached hydrogen (secondary N) is 1. The second-order valence-corrected chi connectivity index (χ2v) is 9.96. The molecule has 192 valence electrons. The summed E-state index contributed by atoms with van der Waals surface area (Å²) in [5.41, 5.74) is -0.811. The van der Waals surface area contributed by atoms with E-state index in [1.165, 1.54) is 0 Å². The largest absolute Gasteiger partial charge is 0.466 e. The van der Waals surface area contributed by atoms with Crippen LogP contribution in [0.3, 0.4) is 0 Å². The van der Waals surface area contributed by atoms with E-state index in [0.717, 1.165) is 24.8 Å². The van der Waals surface area contributed by atoms with Crippen LogP contribution in [0, 0.1) is 11.8 Å². The lowest BCUT2D eigenvalue weighted by Gasteiger charge is -2.33. The molecule has 3 aliphatic rings. The van der Waals surface area contributed by atoms with Crippen molar-refractivity contribution < 1.29 is 29.0 Å². The van der Waals surface area contributed by atoms with E-state index in [0.29, 0.717) is 38.8 Å². The van der Waals surface area contributed by atoms with Crippen LogP contribution in [0.25, 0.3) is 0 Å². The van der Waals surface area contributed by atoms with Crippen molar-refractivity contribution in [1.29, 1.82) is 0 Å². The number of hydrogen-bond donors (Lipinski definition) is 2. The molecule has 8 nitrogen and oxygen atoms in total. The molecule has 0 radical (unpaired) electrons. The second kappa shape index (κ2) is 10.7. The van der Waals surface area contributed by atoms with Crippen molar-refractivity contribution >= 4 is 17.8 Å². The third-order valence-corrected chi connectivity index (χ3v) is 8.09. The molecular weight excluding hydrogens is 448 g/mol. The van der Waals surface area contributed by atoms with Crippen molar-refractivity contribution in [3.63, 3.8) is 0 Å². The summed E-state index contributed by atoms with van der Waals surface area (Å²) in [5, 5.41) is 12.1. The van der Waals surface area contributed by atoms with E-state index >= 15 is 0 Å². The van der Waals surface area contributed by atoms with Gasteiger partial charge in [0.15, 0.2) is 0 Å². The second-order valence-electron chi connectivity index (χ2n) is 9.96. The van der Waals surface area contributed by atoms with Crippen molar-refractivity contribution in [3.8, 4) is 0 Å². The number of amides is 2. The molecular formula is C27H38N2O6. The summed E-state index contributed by atoms with van der Waals surface area (Å²) >= 11 is 0. The van der Waals surface area contributed by atoms with Crippen molar-refractivity contribution in [3.05, 3.63) is 35.9 Å². The number of rotatable bonds is 12. The predicted octanol–water partition coefficient (Wildman–Crippen LogP) is 2.57. The number of likely N-dealkylation sites (tertiary alicyclic amines) is 1. The molecule has 1 aromatic carbocycles. The Morgan fingerprint density at radius 3 is 2.57 bits per heavy atom. The lowest BCUT2D eigenvalue weighted by Crippen LogP contribution is -2.55. The first-order valence-corrected chi connectivity index (χ1v) is 13.0. The maximum Gasteiger partial charge on any atom is 0.312 e. The summed E-state index contributed by atoms with van der Waals surface area (Å²) in [7, 11) is 0. The highest BCUT2D eigenvalue weighted by atomic mass is 16.6. The van der Waals surface area contributed by atoms with E-state index in [4.69, 9.17) is 14.6 Å². The first-order chi connectivity index (χ1) is 16.9. The highest BCUT2D eigenvalue weighted by Gasteiger charge is 2.78. The minimum atomic E-state index is -1.02. The lowest BCUT2D eigenvalue weighted by atomic mass is 9.65. The Kier molecular flexibility index (Phi) is 7.81. The van der Waals surface area contributed by atoms with E-state index in [1.807, 2.05) is 37.3 Å². The molecule has 3 aliphatic heterocycles. The molecule has 1 aromatic rings. The fraction of sp³-hybridized carbons (Fsp3) is 0.667. The fourth-order valence-electron chi connectivity index (χ4n) is 6.48. The Labute approximate surface area is 207 Å². The number of aliphatic hydroxyl groups is 1. The average Bonchev–Trinajstić information content (AvgIpc) is 3.47. The van der Waals surface area contributed by atoms with Crippen molar-refractivity contribution in [2.45, 2.75) is 82.6 Å². The first-order valence-electron chi connectivity index (χ1n) is 13.0. The number of unbranched alkanes of at least 4 members (excludes halogenated alkanes) is 3. The van der Waals surface area contributed by atoms with Crippen LogP contribution in [0.5, 0.6) is 0 Å². The number of benzene rings is 1. The van der Waals surface area contributed by atoms with Gasteiger partial charge in [0.2, 0.25) is 11.8 Å². The Bertz CT molecular complexity index is 924. The summed E-state index contributed by atoms with van der Waals surface area (Å²) in [5.74, 6) is -2.23. The molecule has 2 bridgehead atoms. The third kappa shape index (κ3) is 4.47. The van der Waals surface area contributed by atoms with Crippen LogP contribution in [0.2, 0.25) is 0 Å². The van der Waals surface area contributed by atoms with Crippen LogP contribution in [-0.2, 0) is 30.4 Å². The highest BCUT2D eigenvalue weighted by Crippen LogP contribution is 2.64. The van der Waals surface area contributed by atoms with Gasteiger partial charge in [0.25, 0.3) is 0 Å². The van der Waals surface area contributed by atoms with E-state index in [2.05, 4.69) is 5.32 Å². The van der Waals surface area contributed by atoms with Gasteiger partial charge in [-0.3, -0.25) is 14.4 Å². The van der Waals surface area contributed by atoms with Crippen molar-refractivity contribution in [2.75, 3.05) is 19.8 Å². The minimum absolute atomic E-state index is 0.145. The molecule has 0 saturated carbocycles. The van der Waals surface area contributed by atoms with Crippen LogP contribution in [-0.4, -0.2) is 64.8 Å². The molecule has 2 unspecified atom stereocenters. The van der Waals surface area contributed by atoms with Gasteiger partial charge in [-0.2, -0.15) is 0 Å². The number of hydrogen-bond acceptors (Lipinski definition) is 6. The lowest BCUT2D eigenvalue weighted by molar-refractivity contribution is -0.160. The first kappa shape index (κ1) is 25.6. The zero-order chi connectivity index (χ0) is 25.1. The number of carbonyl (C=O) groups excluding carboxylic acids is 3. The van der Waals surface area contributed by atoms with E-state index < -0.39 is 35.0 Å². The standard InChI is InChI=1S/C27H38N2O6/c1-3-26-14-15-27(35-26)20(21(26)25(33)34-4-2)24(32)29(16-10-5-6-11-17-30)22(27)23(31)28-18-19-12-8-7-9-13-19/h7-9,12-13,20-22,30H,3-6,10-11,14-18H2,1-2H3,(H,28,31)/t20-,21+,22?,26-,27?/m0/s1. The number of aliphatic hydroxyl groups excluding tert-OH is 1. The molecule has 3 heterocycles. The summed E-state index contributed by atoms with van der Waals surface area (Å²) in [6, 6.07) is 8.87. The van der Waals surface area contributed by atoms with Gasteiger partial charge >= 0.3 is 5.97 Å². The zero-order valence-electron chi connectivity index (χ0n) is 20.8. The molecule has 8 heteroatoms.